The highest BCUT2D eigenvalue weighted by Gasteiger charge is 2.31. The third-order valence-corrected chi connectivity index (χ3v) is 3.59. The molecule has 1 aromatic carbocycles. The third kappa shape index (κ3) is 2.92. The minimum atomic E-state index is -0.978. The summed E-state index contributed by atoms with van der Waals surface area (Å²) in [6.45, 7) is 4.16. The second-order valence-electron chi connectivity index (χ2n) is 5.31. The molecule has 0 saturated heterocycles. The Kier molecular flexibility index (Phi) is 4.27. The predicted octanol–water partition coefficient (Wildman–Crippen LogP) is 1.91. The van der Waals surface area contributed by atoms with E-state index < -0.39 is 5.97 Å². The van der Waals surface area contributed by atoms with E-state index in [1.54, 1.807) is 0 Å². The molecule has 1 aliphatic heterocycles. The number of carbonyl (C=O) groups excluding carboxylic acids is 1. The second kappa shape index (κ2) is 5.94. The lowest BCUT2D eigenvalue weighted by Crippen LogP contribution is -2.44. The van der Waals surface area contributed by atoms with E-state index in [2.05, 4.69) is 5.32 Å². The molecule has 2 N–H and O–H groups in total. The minimum Gasteiger partial charge on any atom is -0.480 e. The molecule has 5 nitrogen and oxygen atoms in total. The average Bonchev–Trinajstić information content (AvgIpc) is 2.43. The molecule has 1 aliphatic rings. The molecule has 0 radical (unpaired) electrons. The van der Waals surface area contributed by atoms with Gasteiger partial charge in [0, 0.05) is 18.3 Å². The molecule has 108 valence electrons. The summed E-state index contributed by atoms with van der Waals surface area (Å²) in [5.74, 6) is -1.33. The number of carboxylic acids is 1. The van der Waals surface area contributed by atoms with Crippen molar-refractivity contribution in [3.63, 3.8) is 0 Å². The van der Waals surface area contributed by atoms with Crippen LogP contribution in [0.15, 0.2) is 24.3 Å². The van der Waals surface area contributed by atoms with E-state index >= 15 is 0 Å². The molecule has 0 saturated carbocycles. The van der Waals surface area contributed by atoms with Gasteiger partial charge in [0.05, 0.1) is 5.92 Å². The quantitative estimate of drug-likeness (QED) is 0.881. The second-order valence-corrected chi connectivity index (χ2v) is 5.31. The maximum absolute atomic E-state index is 12.7. The molecule has 0 aromatic heterocycles. The van der Waals surface area contributed by atoms with Crippen molar-refractivity contribution in [3.8, 4) is 0 Å². The summed E-state index contributed by atoms with van der Waals surface area (Å²) < 4.78 is 0. The van der Waals surface area contributed by atoms with Gasteiger partial charge in [-0.1, -0.05) is 18.2 Å². The molecule has 1 heterocycles. The SMILES string of the molecule is CC(C)N(CC(=O)O)C(=O)C1CCNc2ccccc21. The third-order valence-electron chi connectivity index (χ3n) is 3.59. The summed E-state index contributed by atoms with van der Waals surface area (Å²) >= 11 is 0. The van der Waals surface area contributed by atoms with Crippen molar-refractivity contribution in [2.24, 2.45) is 0 Å². The Morgan fingerprint density at radius 2 is 2.10 bits per heavy atom. The maximum Gasteiger partial charge on any atom is 0.323 e. The minimum absolute atomic E-state index is 0.101. The Labute approximate surface area is 118 Å². The average molecular weight is 276 g/mol. The van der Waals surface area contributed by atoms with Crippen LogP contribution in [0.5, 0.6) is 0 Å². The zero-order valence-corrected chi connectivity index (χ0v) is 11.8. The van der Waals surface area contributed by atoms with Crippen LogP contribution >= 0.6 is 0 Å². The van der Waals surface area contributed by atoms with E-state index in [0.717, 1.165) is 17.8 Å². The molecule has 5 heteroatoms. The van der Waals surface area contributed by atoms with E-state index in [-0.39, 0.29) is 24.4 Å². The molecular weight excluding hydrogens is 256 g/mol. The number of hydrogen-bond acceptors (Lipinski definition) is 3. The van der Waals surface area contributed by atoms with Crippen molar-refractivity contribution < 1.29 is 14.7 Å². The summed E-state index contributed by atoms with van der Waals surface area (Å²) in [5.41, 5.74) is 1.93. The number of anilines is 1. The van der Waals surface area contributed by atoms with Gasteiger partial charge in [-0.05, 0) is 31.9 Å². The van der Waals surface area contributed by atoms with Gasteiger partial charge in [-0.2, -0.15) is 0 Å². The Balaban J connectivity index is 2.26. The van der Waals surface area contributed by atoms with Gasteiger partial charge in [0.15, 0.2) is 0 Å². The smallest absolute Gasteiger partial charge is 0.323 e. The number of fused-ring (bicyclic) bond motifs is 1. The van der Waals surface area contributed by atoms with Gasteiger partial charge in [0.1, 0.15) is 6.54 Å². The van der Waals surface area contributed by atoms with E-state index in [1.165, 1.54) is 4.90 Å². The number of amides is 1. The number of para-hydroxylation sites is 1. The lowest BCUT2D eigenvalue weighted by Gasteiger charge is -2.32. The normalized spacial score (nSPS) is 17.2. The first kappa shape index (κ1) is 14.4. The van der Waals surface area contributed by atoms with Crippen LogP contribution in [0, 0.1) is 0 Å². The number of benzene rings is 1. The van der Waals surface area contributed by atoms with Crippen molar-refractivity contribution in [1.82, 2.24) is 4.90 Å². The highest BCUT2D eigenvalue weighted by molar-refractivity contribution is 5.89. The van der Waals surface area contributed by atoms with Gasteiger partial charge in [0.25, 0.3) is 0 Å². The Morgan fingerprint density at radius 1 is 1.40 bits per heavy atom. The standard InChI is InChI=1S/C15H20N2O3/c1-10(2)17(9-14(18)19)15(20)12-7-8-16-13-6-4-3-5-11(12)13/h3-6,10,12,16H,7-9H2,1-2H3,(H,18,19). The van der Waals surface area contributed by atoms with Crippen LogP contribution in [0.1, 0.15) is 31.7 Å². The molecule has 20 heavy (non-hydrogen) atoms. The fourth-order valence-electron chi connectivity index (χ4n) is 2.59. The lowest BCUT2D eigenvalue weighted by atomic mass is 9.89. The number of carboxylic acid groups (broad SMARTS) is 1. The van der Waals surface area contributed by atoms with Crippen molar-refractivity contribution >= 4 is 17.6 Å². The first-order valence-corrected chi connectivity index (χ1v) is 6.85. The van der Waals surface area contributed by atoms with Crippen molar-refractivity contribution in [3.05, 3.63) is 29.8 Å². The first-order valence-electron chi connectivity index (χ1n) is 6.85. The molecule has 0 spiro atoms. The molecule has 0 bridgehead atoms. The van der Waals surface area contributed by atoms with Gasteiger partial charge >= 0.3 is 5.97 Å². The number of aliphatic carboxylic acids is 1. The number of nitrogens with zero attached hydrogens (tertiary/aromatic N) is 1. The van der Waals surface area contributed by atoms with E-state index in [1.807, 2.05) is 38.1 Å². The largest absolute Gasteiger partial charge is 0.480 e. The van der Waals surface area contributed by atoms with Crippen molar-refractivity contribution in [2.45, 2.75) is 32.2 Å². The van der Waals surface area contributed by atoms with Crippen LogP contribution in [0.25, 0.3) is 0 Å². The highest BCUT2D eigenvalue weighted by Crippen LogP contribution is 2.33. The van der Waals surface area contributed by atoms with E-state index in [0.29, 0.717) is 6.42 Å². The number of hydrogen-bond donors (Lipinski definition) is 2. The van der Waals surface area contributed by atoms with Crippen LogP contribution in [-0.2, 0) is 9.59 Å². The van der Waals surface area contributed by atoms with Gasteiger partial charge in [0.2, 0.25) is 5.91 Å². The molecule has 1 aromatic rings. The molecule has 2 rings (SSSR count). The van der Waals surface area contributed by atoms with E-state index in [9.17, 15) is 9.59 Å². The number of carbonyl (C=O) groups is 2. The van der Waals surface area contributed by atoms with Crippen LogP contribution in [0.4, 0.5) is 5.69 Å². The summed E-state index contributed by atoms with van der Waals surface area (Å²) in [6, 6.07) is 7.59. The number of nitrogens with one attached hydrogen (secondary N) is 1. The van der Waals surface area contributed by atoms with Crippen LogP contribution < -0.4 is 5.32 Å². The molecule has 0 aliphatic carbocycles. The first-order chi connectivity index (χ1) is 9.50. The molecular formula is C15H20N2O3. The van der Waals surface area contributed by atoms with Gasteiger partial charge in [-0.3, -0.25) is 9.59 Å². The van der Waals surface area contributed by atoms with Crippen molar-refractivity contribution in [1.29, 1.82) is 0 Å². The summed E-state index contributed by atoms with van der Waals surface area (Å²) in [4.78, 5) is 25.1. The molecule has 1 atom stereocenters. The topological polar surface area (TPSA) is 69.6 Å². The molecule has 1 unspecified atom stereocenters. The number of rotatable bonds is 4. The van der Waals surface area contributed by atoms with Gasteiger partial charge < -0.3 is 15.3 Å². The maximum atomic E-state index is 12.7. The summed E-state index contributed by atoms with van der Waals surface area (Å²) in [5, 5.41) is 12.2. The predicted molar refractivity (Wildman–Crippen MR) is 76.8 cm³/mol. The molecule has 0 fully saturated rings. The summed E-state index contributed by atoms with van der Waals surface area (Å²) in [6.07, 6.45) is 0.693. The fraction of sp³-hybridized carbons (Fsp3) is 0.467. The van der Waals surface area contributed by atoms with Crippen LogP contribution in [0.2, 0.25) is 0 Å². The Bertz CT molecular complexity index is 514. The van der Waals surface area contributed by atoms with Crippen LogP contribution in [-0.4, -0.2) is 41.0 Å². The van der Waals surface area contributed by atoms with Crippen LogP contribution in [0.3, 0.4) is 0 Å². The van der Waals surface area contributed by atoms with Gasteiger partial charge in [-0.25, -0.2) is 0 Å². The Hall–Kier alpha value is -2.04. The highest BCUT2D eigenvalue weighted by atomic mass is 16.4. The van der Waals surface area contributed by atoms with Crippen molar-refractivity contribution in [2.75, 3.05) is 18.4 Å². The lowest BCUT2D eigenvalue weighted by molar-refractivity contribution is -0.146. The monoisotopic (exact) mass is 276 g/mol. The Morgan fingerprint density at radius 3 is 2.75 bits per heavy atom. The zero-order chi connectivity index (χ0) is 14.7. The van der Waals surface area contributed by atoms with Gasteiger partial charge in [-0.15, -0.1) is 0 Å². The zero-order valence-electron chi connectivity index (χ0n) is 11.8. The fourth-order valence-corrected chi connectivity index (χ4v) is 2.59. The summed E-state index contributed by atoms with van der Waals surface area (Å²) in [7, 11) is 0. The molecule has 1 amide bonds. The van der Waals surface area contributed by atoms with E-state index in [4.69, 9.17) is 5.11 Å².